The molecular formula is C49H61N5O13. The highest BCUT2D eigenvalue weighted by Crippen LogP contribution is 2.42. The number of esters is 1. The van der Waals surface area contributed by atoms with Gasteiger partial charge in [0.1, 0.15) is 34.5 Å². The molecule has 1 aromatic heterocycles. The lowest BCUT2D eigenvalue weighted by molar-refractivity contribution is -0.160. The molecule has 3 aliphatic heterocycles. The average molecular weight is 928 g/mol. The quantitative estimate of drug-likeness (QED) is 0.0657. The van der Waals surface area contributed by atoms with E-state index < -0.39 is 82.4 Å². The van der Waals surface area contributed by atoms with Gasteiger partial charge in [-0.1, -0.05) is 45.9 Å². The number of phenolic OH excluding ortho intramolecular Hbond substituents is 1. The number of carbonyl (C=O) groups is 2. The number of aliphatic hydroxyl groups is 2. The molecule has 1 saturated heterocycles. The van der Waals surface area contributed by atoms with Crippen molar-refractivity contribution in [3.05, 3.63) is 79.5 Å². The minimum atomic E-state index is -1.89. The Morgan fingerprint density at radius 3 is 2.28 bits per heavy atom. The molecule has 4 bridgehead atoms. The highest BCUT2D eigenvalue weighted by Gasteiger charge is 2.44. The number of methoxy groups -OCH3 is 1. The number of hydrogen-bond donors (Lipinski definition) is 7. The summed E-state index contributed by atoms with van der Waals surface area (Å²) in [5.74, 6) is -6.30. The normalized spacial score (nSPS) is 31.6. The number of hydrogen-bond acceptors (Lipinski definition) is 17. The maximum Gasteiger partial charge on any atom is 0.302 e. The summed E-state index contributed by atoms with van der Waals surface area (Å²) in [4.78, 5) is 62.4. The first-order valence-electron chi connectivity index (χ1n) is 22.5. The molecule has 0 radical (unpaired) electrons. The summed E-state index contributed by atoms with van der Waals surface area (Å²) in [6.07, 6.45) is 3.58. The molecule has 7 rings (SSSR count). The van der Waals surface area contributed by atoms with E-state index in [1.54, 1.807) is 45.9 Å². The second-order valence-electron chi connectivity index (χ2n) is 18.5. The Morgan fingerprint density at radius 2 is 1.64 bits per heavy atom. The van der Waals surface area contributed by atoms with Gasteiger partial charge in [0.2, 0.25) is 10.9 Å². The van der Waals surface area contributed by atoms with Crippen molar-refractivity contribution in [3.8, 4) is 11.5 Å². The molecular weight excluding hydrogens is 867 g/mol. The number of ether oxygens (including phenoxy) is 4. The van der Waals surface area contributed by atoms with Crippen LogP contribution in [0, 0.1) is 30.6 Å². The first kappa shape index (κ1) is 48.9. The second-order valence-corrected chi connectivity index (χ2v) is 18.5. The zero-order chi connectivity index (χ0) is 49.0. The van der Waals surface area contributed by atoms with E-state index in [0.717, 1.165) is 0 Å². The number of hydroxylamine groups is 1. The molecule has 360 valence electrons. The van der Waals surface area contributed by atoms with Gasteiger partial charge in [0.15, 0.2) is 16.7 Å². The number of carbonyl (C=O) groups excluding carboxylic acids is 2. The number of aromatic nitrogens is 1. The Balaban J connectivity index is 1.51. The predicted octanol–water partition coefficient (Wildman–Crippen LogP) is 4.17. The van der Waals surface area contributed by atoms with Gasteiger partial charge in [-0.15, -0.1) is 0 Å². The predicted molar refractivity (Wildman–Crippen MR) is 252 cm³/mol. The molecule has 2 unspecified atom stereocenters. The topological polar surface area (TPSA) is 251 Å². The van der Waals surface area contributed by atoms with Crippen LogP contribution >= 0.6 is 0 Å². The van der Waals surface area contributed by atoms with Gasteiger partial charge in [0.05, 0.1) is 35.2 Å². The van der Waals surface area contributed by atoms with Crippen molar-refractivity contribution >= 4 is 61.9 Å². The molecule has 1 fully saturated rings. The van der Waals surface area contributed by atoms with Gasteiger partial charge in [-0.25, -0.2) is 4.98 Å². The fourth-order valence-corrected chi connectivity index (χ4v) is 9.77. The van der Waals surface area contributed by atoms with Crippen LogP contribution in [0.15, 0.2) is 62.3 Å². The van der Waals surface area contributed by atoms with E-state index in [9.17, 15) is 39.7 Å². The van der Waals surface area contributed by atoms with E-state index in [2.05, 4.69) is 16.1 Å². The van der Waals surface area contributed by atoms with Gasteiger partial charge in [0.25, 0.3) is 11.7 Å². The third-order valence-corrected chi connectivity index (χ3v) is 13.5. The second kappa shape index (κ2) is 18.9. The number of fused-ring (bicyclic) bond motifs is 2. The van der Waals surface area contributed by atoms with E-state index in [0.29, 0.717) is 18.8 Å². The summed E-state index contributed by atoms with van der Waals surface area (Å²) in [7, 11) is 1.45. The van der Waals surface area contributed by atoms with Crippen LogP contribution in [0.5, 0.6) is 11.5 Å². The van der Waals surface area contributed by atoms with Crippen LogP contribution in [0.25, 0.3) is 38.7 Å². The largest absolute Gasteiger partial charge is 0.507 e. The van der Waals surface area contributed by atoms with E-state index in [-0.39, 0.29) is 78.5 Å². The molecule has 67 heavy (non-hydrogen) atoms. The van der Waals surface area contributed by atoms with Crippen molar-refractivity contribution in [2.75, 3.05) is 30.4 Å². The third kappa shape index (κ3) is 8.95. The van der Waals surface area contributed by atoms with Crippen LogP contribution in [0.2, 0.25) is 0 Å². The molecule has 4 aromatic rings. The molecule has 1 amide bonds. The van der Waals surface area contributed by atoms with Crippen molar-refractivity contribution in [1.29, 1.82) is 0 Å². The summed E-state index contributed by atoms with van der Waals surface area (Å²) >= 11 is 0. The van der Waals surface area contributed by atoms with Crippen molar-refractivity contribution in [3.63, 3.8) is 0 Å². The van der Waals surface area contributed by atoms with Crippen LogP contribution in [-0.4, -0.2) is 99.9 Å². The molecule has 0 spiro atoms. The highest BCUT2D eigenvalue weighted by atomic mass is 16.7. The first-order chi connectivity index (χ1) is 31.6. The number of aliphatic hydroxyl groups excluding tert-OH is 2. The number of phenols is 1. The third-order valence-electron chi connectivity index (χ3n) is 13.5. The standard InChI is InChI=1S/C49H61N5O13/c1-21-13-12-14-22(2)48(61)52-39-43(60)35-34(38-46(39)66-33-18-30(17-31(56)37(33)51-38)54-19-23(3)50-24(4)20-54)36-45(28(8)42(35)59)67-49(10,47(36)53-62)64-16-15-32(63-11)25(5)44(65-29(9)55)27(7)41(58)26(6)40(21)57/h12-18,21,23-27,32,40-41,44,50,53,57-59,62H,19-20H2,1-11H3,(H,52,61)/b13-12+,16-15+,22-14-/t21-,23?,24?,25+,26+,27+,32-,40-,41+,44+,49-/m0/s1. The molecule has 11 atom stereocenters. The summed E-state index contributed by atoms with van der Waals surface area (Å²) in [5.41, 5.74) is 0.661. The highest BCUT2D eigenvalue weighted by molar-refractivity contribution is 6.17. The van der Waals surface area contributed by atoms with Crippen molar-refractivity contribution in [2.24, 2.45) is 23.7 Å². The Bertz CT molecular complexity index is 2890. The number of piperazine rings is 1. The van der Waals surface area contributed by atoms with Crippen LogP contribution in [0.1, 0.15) is 67.9 Å². The summed E-state index contributed by atoms with van der Waals surface area (Å²) < 4.78 is 30.8. The first-order valence-corrected chi connectivity index (χ1v) is 22.5. The number of amides is 1. The zero-order valence-corrected chi connectivity index (χ0v) is 39.6. The number of aromatic hydroxyl groups is 1. The number of benzene rings is 3. The van der Waals surface area contributed by atoms with Gasteiger partial charge in [0, 0.05) is 104 Å². The van der Waals surface area contributed by atoms with Gasteiger partial charge >= 0.3 is 5.97 Å². The lowest BCUT2D eigenvalue weighted by atomic mass is 9.78. The van der Waals surface area contributed by atoms with Crippen LogP contribution in [0.4, 0.5) is 11.4 Å². The van der Waals surface area contributed by atoms with Crippen molar-refractivity contribution in [1.82, 2.24) is 15.8 Å². The number of allylic oxidation sites excluding steroid dienone is 2. The van der Waals surface area contributed by atoms with Crippen LogP contribution in [-0.2, 0) is 23.8 Å². The minimum absolute atomic E-state index is 0.00695. The lowest BCUT2D eigenvalue weighted by Crippen LogP contribution is -2.54. The van der Waals surface area contributed by atoms with E-state index in [4.69, 9.17) is 28.3 Å². The van der Waals surface area contributed by atoms with Crippen molar-refractivity contribution < 1.29 is 53.5 Å². The smallest absolute Gasteiger partial charge is 0.302 e. The summed E-state index contributed by atoms with van der Waals surface area (Å²) in [6, 6.07) is 3.35. The summed E-state index contributed by atoms with van der Waals surface area (Å²) in [5, 5.41) is 51.7. The molecule has 0 aliphatic carbocycles. The van der Waals surface area contributed by atoms with Gasteiger partial charge in [-0.05, 0) is 33.8 Å². The van der Waals surface area contributed by atoms with E-state index >= 15 is 0 Å². The molecule has 3 aromatic carbocycles. The zero-order valence-electron chi connectivity index (χ0n) is 39.6. The fourth-order valence-electron chi connectivity index (χ4n) is 9.77. The van der Waals surface area contributed by atoms with Crippen LogP contribution in [0.3, 0.4) is 0 Å². The average Bonchev–Trinajstić information content (AvgIpc) is 3.58. The summed E-state index contributed by atoms with van der Waals surface area (Å²) in [6.45, 7) is 17.9. The Labute approximate surface area is 386 Å². The lowest BCUT2D eigenvalue weighted by Gasteiger charge is -2.38. The Hall–Kier alpha value is -6.05. The minimum Gasteiger partial charge on any atom is -0.507 e. The molecule has 3 aliphatic rings. The van der Waals surface area contributed by atoms with E-state index in [1.165, 1.54) is 59.3 Å². The molecule has 0 saturated carbocycles. The number of rotatable bonds is 4. The molecule has 4 heterocycles. The molecule has 18 heteroatoms. The maximum atomic E-state index is 14.9. The van der Waals surface area contributed by atoms with Crippen molar-refractivity contribution in [2.45, 2.75) is 112 Å². The SMILES string of the molecule is CO[C@H]1/C=C/O[C@@]2(C)Oc3c(C)c(O)c4c(=O)c(c5oc6cc(N7CC(C)NC(C)C7)cc(=O)c6nc5c4c3=C2NO)NC(=O)/C(C)=C\C=C\[C@H](C)[C@H](O)[C@@H](C)[C@@H](O)[C@@H](C)[C@H](OC(C)=O)[C@@H]1C. The van der Waals surface area contributed by atoms with Crippen LogP contribution < -0.4 is 41.8 Å². The van der Waals surface area contributed by atoms with Gasteiger partial charge < -0.3 is 54.2 Å². The number of anilines is 2. The maximum absolute atomic E-state index is 14.9. The van der Waals surface area contributed by atoms with Gasteiger partial charge in [-0.2, -0.15) is 0 Å². The Kier molecular flexibility index (Phi) is 13.8. The monoisotopic (exact) mass is 927 g/mol. The van der Waals surface area contributed by atoms with E-state index in [1.807, 2.05) is 18.7 Å². The molecule has 7 N–H and O–H groups in total. The number of nitrogens with zero attached hydrogens (tertiary/aromatic N) is 2. The fraction of sp³-hybridized carbons (Fsp3) is 0.490. The molecule has 18 nitrogen and oxygen atoms in total. The van der Waals surface area contributed by atoms with Gasteiger partial charge in [-0.3, -0.25) is 29.9 Å². The Morgan fingerprint density at radius 1 is 0.955 bits per heavy atom. The number of nitrogens with one attached hydrogen (secondary N) is 3.